The first kappa shape index (κ1) is 13.3. The second kappa shape index (κ2) is 5.37. The van der Waals surface area contributed by atoms with Crippen LogP contribution in [0.1, 0.15) is 26.0 Å². The van der Waals surface area contributed by atoms with E-state index in [1.54, 1.807) is 6.20 Å². The third kappa shape index (κ3) is 2.75. The molecule has 106 valence electrons. The summed E-state index contributed by atoms with van der Waals surface area (Å²) in [5.74, 6) is 2.30. The van der Waals surface area contributed by atoms with Gasteiger partial charge in [0.25, 0.3) is 0 Å². The lowest BCUT2D eigenvalue weighted by Crippen LogP contribution is -2.33. The van der Waals surface area contributed by atoms with E-state index >= 15 is 0 Å². The summed E-state index contributed by atoms with van der Waals surface area (Å²) in [6.45, 7) is 8.83. The second-order valence-electron chi connectivity index (χ2n) is 6.20. The van der Waals surface area contributed by atoms with E-state index in [1.165, 1.54) is 12.6 Å². The van der Waals surface area contributed by atoms with E-state index in [2.05, 4.69) is 39.7 Å². The maximum Gasteiger partial charge on any atom is 0.161 e. The van der Waals surface area contributed by atoms with Crippen LogP contribution in [-0.4, -0.2) is 47.1 Å². The molecule has 20 heavy (non-hydrogen) atoms. The number of hydrogen-bond acceptors (Lipinski definition) is 5. The minimum atomic E-state index is 0.395. The Bertz CT molecular complexity index is 523. The van der Waals surface area contributed by atoms with Crippen LogP contribution in [-0.2, 0) is 0 Å². The van der Waals surface area contributed by atoms with Crippen LogP contribution in [0.3, 0.4) is 0 Å². The van der Waals surface area contributed by atoms with Crippen molar-refractivity contribution in [2.24, 2.45) is 11.8 Å². The highest BCUT2D eigenvalue weighted by Crippen LogP contribution is 2.36. The lowest BCUT2D eigenvalue weighted by atomic mass is 10.1. The SMILES string of the molecule is C[C@@H]1CN(c2cncc(C#N)n2)CCN([C@@H]2C[C@@H]2C)C1. The number of nitrogens with zero attached hydrogens (tertiary/aromatic N) is 5. The number of rotatable bonds is 2. The van der Waals surface area contributed by atoms with Gasteiger partial charge in [0.15, 0.2) is 5.69 Å². The highest BCUT2D eigenvalue weighted by atomic mass is 15.3. The van der Waals surface area contributed by atoms with Crippen LogP contribution in [0, 0.1) is 23.2 Å². The van der Waals surface area contributed by atoms with Gasteiger partial charge in [0, 0.05) is 32.2 Å². The average Bonchev–Trinajstić information content (AvgIpc) is 3.21. The van der Waals surface area contributed by atoms with E-state index in [0.29, 0.717) is 11.6 Å². The van der Waals surface area contributed by atoms with Gasteiger partial charge in [0.2, 0.25) is 0 Å². The molecule has 0 spiro atoms. The van der Waals surface area contributed by atoms with E-state index in [-0.39, 0.29) is 0 Å². The predicted octanol–water partition coefficient (Wildman–Crippen LogP) is 1.51. The van der Waals surface area contributed by atoms with Crippen LogP contribution in [0.2, 0.25) is 0 Å². The summed E-state index contributed by atoms with van der Waals surface area (Å²) in [4.78, 5) is 13.4. The van der Waals surface area contributed by atoms with Crippen molar-refractivity contribution in [2.45, 2.75) is 26.3 Å². The van der Waals surface area contributed by atoms with Crippen LogP contribution in [0.5, 0.6) is 0 Å². The zero-order valence-corrected chi connectivity index (χ0v) is 12.2. The molecule has 2 fully saturated rings. The molecule has 1 aromatic heterocycles. The fourth-order valence-corrected chi connectivity index (χ4v) is 3.15. The van der Waals surface area contributed by atoms with Gasteiger partial charge >= 0.3 is 0 Å². The molecule has 1 saturated carbocycles. The highest BCUT2D eigenvalue weighted by Gasteiger charge is 2.39. The van der Waals surface area contributed by atoms with Gasteiger partial charge in [0.1, 0.15) is 11.9 Å². The minimum Gasteiger partial charge on any atom is -0.354 e. The smallest absolute Gasteiger partial charge is 0.161 e. The molecule has 0 aromatic carbocycles. The number of hydrogen-bond donors (Lipinski definition) is 0. The standard InChI is InChI=1S/C15H21N5/c1-11-9-19(14-5-12(14)2)3-4-20(10-11)15-8-17-7-13(6-16)18-15/h7-8,11-12,14H,3-5,9-10H2,1-2H3/t11-,12-,14+/m0/s1. The van der Waals surface area contributed by atoms with E-state index in [4.69, 9.17) is 5.26 Å². The van der Waals surface area contributed by atoms with Crippen molar-refractivity contribution in [3.05, 3.63) is 18.1 Å². The largest absolute Gasteiger partial charge is 0.354 e. The Morgan fingerprint density at radius 1 is 1.25 bits per heavy atom. The number of nitriles is 1. The van der Waals surface area contributed by atoms with Gasteiger partial charge < -0.3 is 4.90 Å². The van der Waals surface area contributed by atoms with Crippen molar-refractivity contribution in [3.8, 4) is 6.07 Å². The molecular formula is C15H21N5. The first-order valence-electron chi connectivity index (χ1n) is 7.38. The summed E-state index contributed by atoms with van der Waals surface area (Å²) < 4.78 is 0. The third-order valence-corrected chi connectivity index (χ3v) is 4.33. The average molecular weight is 271 g/mol. The normalized spacial score (nSPS) is 30.6. The van der Waals surface area contributed by atoms with E-state index in [0.717, 1.165) is 44.0 Å². The molecule has 1 saturated heterocycles. The Balaban J connectivity index is 1.72. The molecule has 0 radical (unpaired) electrons. The molecular weight excluding hydrogens is 250 g/mol. The molecule has 1 aromatic rings. The molecule has 0 bridgehead atoms. The van der Waals surface area contributed by atoms with Crippen molar-refractivity contribution < 1.29 is 0 Å². The lowest BCUT2D eigenvalue weighted by Gasteiger charge is -2.22. The molecule has 1 aliphatic carbocycles. The summed E-state index contributed by atoms with van der Waals surface area (Å²) in [7, 11) is 0. The molecule has 5 heteroatoms. The van der Waals surface area contributed by atoms with Gasteiger partial charge in [-0.1, -0.05) is 13.8 Å². The van der Waals surface area contributed by atoms with Crippen molar-refractivity contribution in [2.75, 3.05) is 31.1 Å². The zero-order valence-electron chi connectivity index (χ0n) is 12.2. The quantitative estimate of drug-likeness (QED) is 0.816. The molecule has 0 N–H and O–H groups in total. The Morgan fingerprint density at radius 2 is 2.05 bits per heavy atom. The van der Waals surface area contributed by atoms with Gasteiger partial charge in [-0.3, -0.25) is 9.88 Å². The fourth-order valence-electron chi connectivity index (χ4n) is 3.15. The molecule has 0 amide bonds. The molecule has 3 rings (SSSR count). The first-order valence-corrected chi connectivity index (χ1v) is 7.38. The summed E-state index contributed by atoms with van der Waals surface area (Å²) in [6.07, 6.45) is 4.63. The minimum absolute atomic E-state index is 0.395. The maximum atomic E-state index is 8.94. The Kier molecular flexibility index (Phi) is 3.58. The van der Waals surface area contributed by atoms with E-state index < -0.39 is 0 Å². The van der Waals surface area contributed by atoms with Crippen LogP contribution in [0.25, 0.3) is 0 Å². The Labute approximate surface area is 120 Å². The van der Waals surface area contributed by atoms with Crippen molar-refractivity contribution in [3.63, 3.8) is 0 Å². The van der Waals surface area contributed by atoms with Crippen LogP contribution >= 0.6 is 0 Å². The van der Waals surface area contributed by atoms with Gasteiger partial charge in [0.05, 0.1) is 12.4 Å². The van der Waals surface area contributed by atoms with Gasteiger partial charge in [-0.15, -0.1) is 0 Å². The van der Waals surface area contributed by atoms with Gasteiger partial charge in [-0.2, -0.15) is 5.26 Å². The maximum absolute atomic E-state index is 8.94. The van der Waals surface area contributed by atoms with Crippen molar-refractivity contribution in [1.82, 2.24) is 14.9 Å². The first-order chi connectivity index (χ1) is 9.67. The molecule has 2 aliphatic rings. The van der Waals surface area contributed by atoms with E-state index in [1.807, 2.05) is 0 Å². The zero-order chi connectivity index (χ0) is 14.1. The topological polar surface area (TPSA) is 56.1 Å². The van der Waals surface area contributed by atoms with Gasteiger partial charge in [-0.25, -0.2) is 4.98 Å². The van der Waals surface area contributed by atoms with Crippen LogP contribution < -0.4 is 4.90 Å². The van der Waals surface area contributed by atoms with Gasteiger partial charge in [-0.05, 0) is 18.3 Å². The second-order valence-corrected chi connectivity index (χ2v) is 6.20. The summed E-state index contributed by atoms with van der Waals surface area (Å²) in [5, 5.41) is 8.94. The molecule has 0 unspecified atom stereocenters. The van der Waals surface area contributed by atoms with Crippen LogP contribution in [0.15, 0.2) is 12.4 Å². The van der Waals surface area contributed by atoms with E-state index in [9.17, 15) is 0 Å². The van der Waals surface area contributed by atoms with Crippen molar-refractivity contribution >= 4 is 5.82 Å². The molecule has 1 aliphatic heterocycles. The third-order valence-electron chi connectivity index (χ3n) is 4.33. The van der Waals surface area contributed by atoms with Crippen LogP contribution in [0.4, 0.5) is 5.82 Å². The Hall–Kier alpha value is -1.67. The Morgan fingerprint density at radius 3 is 2.75 bits per heavy atom. The molecule has 2 heterocycles. The summed E-state index contributed by atoms with van der Waals surface area (Å²) >= 11 is 0. The molecule has 5 nitrogen and oxygen atoms in total. The predicted molar refractivity (Wildman–Crippen MR) is 77.3 cm³/mol. The number of anilines is 1. The fraction of sp³-hybridized carbons (Fsp3) is 0.667. The highest BCUT2D eigenvalue weighted by molar-refractivity contribution is 5.38. The monoisotopic (exact) mass is 271 g/mol. The lowest BCUT2D eigenvalue weighted by molar-refractivity contribution is 0.246. The van der Waals surface area contributed by atoms with Crippen molar-refractivity contribution in [1.29, 1.82) is 5.26 Å². The number of aromatic nitrogens is 2. The molecule has 3 atom stereocenters. The summed E-state index contributed by atoms with van der Waals surface area (Å²) in [6, 6.07) is 2.85. The summed E-state index contributed by atoms with van der Waals surface area (Å²) in [5.41, 5.74) is 0.395.